The summed E-state index contributed by atoms with van der Waals surface area (Å²) in [6.45, 7) is 6.15. The molecule has 0 aromatic rings. The van der Waals surface area contributed by atoms with Gasteiger partial charge >= 0.3 is 0 Å². The van der Waals surface area contributed by atoms with Gasteiger partial charge in [0, 0.05) is 64.7 Å². The number of fused-ring (bicyclic) bond motifs is 2. The Kier molecular flexibility index (Phi) is 4.96. The number of β-amino-alcohol motifs (C(OH)–C–C–N with tert-alkyl or cyclic N) is 1. The first-order valence-corrected chi connectivity index (χ1v) is 10.2. The summed E-state index contributed by atoms with van der Waals surface area (Å²) in [6.07, 6.45) is 6.15. The van der Waals surface area contributed by atoms with Gasteiger partial charge in [-0.3, -0.25) is 19.4 Å². The SMILES string of the molecule is CC(=O)NCCC(=O)N1C[C@H]2C[C@@H](O)CN2C2(C1)CN(C1CCCC1)C2. The number of aliphatic hydroxyl groups excluding tert-OH is 1. The van der Waals surface area contributed by atoms with Crippen LogP contribution in [0.2, 0.25) is 0 Å². The number of aliphatic hydroxyl groups is 1. The van der Waals surface area contributed by atoms with Crippen molar-refractivity contribution in [1.82, 2.24) is 20.0 Å². The predicted molar refractivity (Wildman–Crippen MR) is 97.6 cm³/mol. The number of hydrogen-bond donors (Lipinski definition) is 2. The minimum atomic E-state index is -0.271. The number of carbonyl (C=O) groups is 2. The van der Waals surface area contributed by atoms with Crippen molar-refractivity contribution in [3.05, 3.63) is 0 Å². The van der Waals surface area contributed by atoms with Crippen LogP contribution in [0.1, 0.15) is 45.4 Å². The molecule has 2 amide bonds. The molecule has 2 N–H and O–H groups in total. The van der Waals surface area contributed by atoms with Crippen LogP contribution in [-0.2, 0) is 9.59 Å². The van der Waals surface area contributed by atoms with Crippen molar-refractivity contribution in [2.75, 3.05) is 39.3 Å². The third-order valence-corrected chi connectivity index (χ3v) is 6.82. The maximum Gasteiger partial charge on any atom is 0.224 e. The summed E-state index contributed by atoms with van der Waals surface area (Å²) in [4.78, 5) is 30.8. The first-order chi connectivity index (χ1) is 12.5. The molecule has 3 aliphatic heterocycles. The second-order valence-corrected chi connectivity index (χ2v) is 8.77. The van der Waals surface area contributed by atoms with Gasteiger partial charge in [0.15, 0.2) is 0 Å². The van der Waals surface area contributed by atoms with E-state index in [1.807, 2.05) is 4.90 Å². The number of nitrogens with one attached hydrogen (secondary N) is 1. The van der Waals surface area contributed by atoms with Gasteiger partial charge in [-0.25, -0.2) is 0 Å². The minimum absolute atomic E-state index is 0.0205. The Bertz CT molecular complexity index is 557. The normalized spacial score (nSPS) is 31.8. The second kappa shape index (κ2) is 7.09. The summed E-state index contributed by atoms with van der Waals surface area (Å²) in [5, 5.41) is 12.9. The van der Waals surface area contributed by atoms with E-state index in [0.29, 0.717) is 19.5 Å². The standard InChI is InChI=1S/C19H32N4O3/c1-14(24)20-7-6-18(26)21-9-16-8-17(25)10-23(16)19(11-21)12-22(13-19)15-4-2-3-5-15/h15-17,25H,2-13H2,1H3,(H,20,24)/t16-,17-/m1/s1. The molecule has 0 aromatic carbocycles. The van der Waals surface area contributed by atoms with Gasteiger partial charge in [0.25, 0.3) is 0 Å². The molecule has 0 bridgehead atoms. The van der Waals surface area contributed by atoms with E-state index >= 15 is 0 Å². The van der Waals surface area contributed by atoms with Gasteiger partial charge in [-0.2, -0.15) is 0 Å². The lowest BCUT2D eigenvalue weighted by Crippen LogP contribution is -2.79. The Morgan fingerprint density at radius 3 is 2.54 bits per heavy atom. The molecule has 0 radical (unpaired) electrons. The van der Waals surface area contributed by atoms with E-state index in [0.717, 1.165) is 38.6 Å². The highest BCUT2D eigenvalue weighted by Gasteiger charge is 2.57. The monoisotopic (exact) mass is 364 g/mol. The highest BCUT2D eigenvalue weighted by molar-refractivity contribution is 5.78. The molecule has 26 heavy (non-hydrogen) atoms. The number of nitrogens with zero attached hydrogens (tertiary/aromatic N) is 3. The lowest BCUT2D eigenvalue weighted by molar-refractivity contribution is -0.153. The molecule has 1 aliphatic carbocycles. The third-order valence-electron chi connectivity index (χ3n) is 6.82. The first kappa shape index (κ1) is 18.2. The molecule has 3 heterocycles. The summed E-state index contributed by atoms with van der Waals surface area (Å²) in [7, 11) is 0. The molecule has 4 rings (SSSR count). The Labute approximate surface area is 155 Å². The fourth-order valence-corrected chi connectivity index (χ4v) is 5.62. The van der Waals surface area contributed by atoms with Crippen LogP contribution in [0.3, 0.4) is 0 Å². The van der Waals surface area contributed by atoms with E-state index in [2.05, 4.69) is 15.1 Å². The van der Waals surface area contributed by atoms with Gasteiger partial charge in [-0.15, -0.1) is 0 Å². The van der Waals surface area contributed by atoms with Crippen molar-refractivity contribution in [3.8, 4) is 0 Å². The molecule has 7 nitrogen and oxygen atoms in total. The van der Waals surface area contributed by atoms with Gasteiger partial charge in [-0.05, 0) is 19.3 Å². The average molecular weight is 364 g/mol. The lowest BCUT2D eigenvalue weighted by atomic mass is 9.82. The number of likely N-dealkylation sites (tertiary alicyclic amines) is 1. The van der Waals surface area contributed by atoms with Crippen molar-refractivity contribution >= 4 is 11.8 Å². The van der Waals surface area contributed by atoms with Crippen molar-refractivity contribution in [3.63, 3.8) is 0 Å². The van der Waals surface area contributed by atoms with Crippen molar-refractivity contribution in [2.24, 2.45) is 0 Å². The van der Waals surface area contributed by atoms with Gasteiger partial charge in [-0.1, -0.05) is 12.8 Å². The summed E-state index contributed by atoms with van der Waals surface area (Å²) < 4.78 is 0. The van der Waals surface area contributed by atoms with Crippen LogP contribution in [0.15, 0.2) is 0 Å². The zero-order valence-corrected chi connectivity index (χ0v) is 15.8. The molecule has 146 valence electrons. The smallest absolute Gasteiger partial charge is 0.224 e. The van der Waals surface area contributed by atoms with E-state index in [-0.39, 0.29) is 29.5 Å². The molecule has 1 saturated carbocycles. The summed E-state index contributed by atoms with van der Waals surface area (Å²) >= 11 is 0. The van der Waals surface area contributed by atoms with Crippen LogP contribution in [0, 0.1) is 0 Å². The van der Waals surface area contributed by atoms with Crippen molar-refractivity contribution in [1.29, 1.82) is 0 Å². The zero-order valence-electron chi connectivity index (χ0n) is 15.8. The van der Waals surface area contributed by atoms with E-state index in [9.17, 15) is 14.7 Å². The largest absolute Gasteiger partial charge is 0.392 e. The average Bonchev–Trinajstić information content (AvgIpc) is 3.19. The van der Waals surface area contributed by atoms with Crippen LogP contribution in [0.25, 0.3) is 0 Å². The van der Waals surface area contributed by atoms with Crippen LogP contribution in [0.5, 0.6) is 0 Å². The summed E-state index contributed by atoms with van der Waals surface area (Å²) in [5.41, 5.74) is 0.0205. The Hall–Kier alpha value is -1.18. The molecule has 0 aromatic heterocycles. The fraction of sp³-hybridized carbons (Fsp3) is 0.895. The number of hydrogen-bond acceptors (Lipinski definition) is 5. The van der Waals surface area contributed by atoms with Crippen molar-refractivity contribution in [2.45, 2.75) is 69.2 Å². The van der Waals surface area contributed by atoms with Crippen LogP contribution < -0.4 is 5.32 Å². The van der Waals surface area contributed by atoms with E-state index in [1.54, 1.807) is 0 Å². The van der Waals surface area contributed by atoms with E-state index < -0.39 is 0 Å². The highest BCUT2D eigenvalue weighted by atomic mass is 16.3. The zero-order chi connectivity index (χ0) is 18.3. The molecule has 4 fully saturated rings. The molecule has 3 saturated heterocycles. The third kappa shape index (κ3) is 3.37. The van der Waals surface area contributed by atoms with Gasteiger partial charge in [0.05, 0.1) is 11.6 Å². The van der Waals surface area contributed by atoms with Crippen LogP contribution in [0.4, 0.5) is 0 Å². The van der Waals surface area contributed by atoms with Gasteiger partial charge in [0.1, 0.15) is 0 Å². The van der Waals surface area contributed by atoms with E-state index in [4.69, 9.17) is 0 Å². The summed E-state index contributed by atoms with van der Waals surface area (Å²) in [5.74, 6) is 0.0303. The molecular formula is C19H32N4O3. The Morgan fingerprint density at radius 1 is 1.12 bits per heavy atom. The fourth-order valence-electron chi connectivity index (χ4n) is 5.62. The maximum atomic E-state index is 12.7. The molecule has 4 aliphatic rings. The quantitative estimate of drug-likeness (QED) is 0.722. The second-order valence-electron chi connectivity index (χ2n) is 8.77. The first-order valence-electron chi connectivity index (χ1n) is 10.2. The Morgan fingerprint density at radius 2 is 1.85 bits per heavy atom. The molecule has 7 heteroatoms. The maximum absolute atomic E-state index is 12.7. The van der Waals surface area contributed by atoms with Gasteiger partial charge < -0.3 is 15.3 Å². The van der Waals surface area contributed by atoms with Crippen LogP contribution >= 0.6 is 0 Å². The van der Waals surface area contributed by atoms with Gasteiger partial charge in [0.2, 0.25) is 11.8 Å². The minimum Gasteiger partial charge on any atom is -0.392 e. The predicted octanol–water partition coefficient (Wildman–Crippen LogP) is -0.213. The molecule has 0 unspecified atom stereocenters. The van der Waals surface area contributed by atoms with E-state index in [1.165, 1.54) is 32.6 Å². The molecular weight excluding hydrogens is 332 g/mol. The lowest BCUT2D eigenvalue weighted by Gasteiger charge is -2.62. The molecule has 1 spiro atoms. The Balaban J connectivity index is 1.41. The number of piperazine rings is 1. The molecule has 2 atom stereocenters. The number of carbonyl (C=O) groups excluding carboxylic acids is 2. The van der Waals surface area contributed by atoms with Crippen molar-refractivity contribution < 1.29 is 14.7 Å². The summed E-state index contributed by atoms with van der Waals surface area (Å²) in [6, 6.07) is 0.992. The topological polar surface area (TPSA) is 76.1 Å². The number of amides is 2. The number of rotatable bonds is 4. The highest BCUT2D eigenvalue weighted by Crippen LogP contribution is 2.41. The van der Waals surface area contributed by atoms with Crippen LogP contribution in [-0.4, -0.2) is 94.6 Å².